The molecule has 1 N–H and O–H groups in total. The third kappa shape index (κ3) is 5.21. The number of carbonyl (C=O) groups is 2. The van der Waals surface area contributed by atoms with Crippen LogP contribution in [0.25, 0.3) is 6.08 Å². The second kappa shape index (κ2) is 8.68. The van der Waals surface area contributed by atoms with Gasteiger partial charge < -0.3 is 15.0 Å². The maximum absolute atomic E-state index is 12.0. The molecule has 130 valence electrons. The maximum atomic E-state index is 12.0. The average molecular weight is 338 g/mol. The molecular weight excluding hydrogens is 316 g/mol. The minimum Gasteiger partial charge on any atom is -0.496 e. The van der Waals surface area contributed by atoms with E-state index in [9.17, 15) is 9.59 Å². The summed E-state index contributed by atoms with van der Waals surface area (Å²) in [5.41, 5.74) is 2.39. The molecule has 0 fully saturated rings. The number of rotatable bonds is 6. The van der Waals surface area contributed by atoms with Crippen LogP contribution in [0.2, 0.25) is 0 Å². The molecular formula is C20H22N2O3. The molecule has 2 rings (SSSR count). The lowest BCUT2D eigenvalue weighted by Crippen LogP contribution is -2.22. The van der Waals surface area contributed by atoms with Gasteiger partial charge in [-0.15, -0.1) is 0 Å². The van der Waals surface area contributed by atoms with Crippen molar-refractivity contribution in [1.29, 1.82) is 0 Å². The number of hydrogen-bond donors (Lipinski definition) is 1. The Bertz CT molecular complexity index is 765. The van der Waals surface area contributed by atoms with Crippen LogP contribution in [0.3, 0.4) is 0 Å². The second-order valence-corrected chi connectivity index (χ2v) is 5.69. The highest BCUT2D eigenvalue weighted by Crippen LogP contribution is 2.18. The number of ether oxygens (including phenoxy) is 1. The smallest absolute Gasteiger partial charge is 0.253 e. The van der Waals surface area contributed by atoms with Gasteiger partial charge in [0.25, 0.3) is 5.91 Å². The van der Waals surface area contributed by atoms with Crippen LogP contribution in [0.4, 0.5) is 0 Å². The van der Waals surface area contributed by atoms with Gasteiger partial charge in [-0.3, -0.25) is 9.59 Å². The molecule has 0 aromatic heterocycles. The van der Waals surface area contributed by atoms with Gasteiger partial charge in [-0.1, -0.05) is 30.3 Å². The third-order valence-electron chi connectivity index (χ3n) is 3.63. The molecule has 0 spiro atoms. The van der Waals surface area contributed by atoms with E-state index in [0.717, 1.165) is 11.1 Å². The van der Waals surface area contributed by atoms with Crippen LogP contribution in [-0.4, -0.2) is 37.9 Å². The molecule has 0 saturated carbocycles. The van der Waals surface area contributed by atoms with E-state index in [-0.39, 0.29) is 11.8 Å². The first-order chi connectivity index (χ1) is 12.0. The summed E-state index contributed by atoms with van der Waals surface area (Å²) in [6, 6.07) is 14.7. The SMILES string of the molecule is COc1ccccc1/C=C/C(=O)NCc1ccc(C(=O)N(C)C)cc1. The van der Waals surface area contributed by atoms with Gasteiger partial charge in [0.2, 0.25) is 5.91 Å². The number of nitrogens with one attached hydrogen (secondary N) is 1. The van der Waals surface area contributed by atoms with Crippen molar-refractivity contribution >= 4 is 17.9 Å². The standard InChI is InChI=1S/C20H22N2O3/c1-22(2)20(24)17-10-8-15(9-11-17)14-21-19(23)13-12-16-6-4-5-7-18(16)25-3/h4-13H,14H2,1-3H3,(H,21,23)/b13-12+. The Morgan fingerprint density at radius 1 is 1.08 bits per heavy atom. The fourth-order valence-corrected chi connectivity index (χ4v) is 2.24. The van der Waals surface area contributed by atoms with Crippen LogP contribution in [-0.2, 0) is 11.3 Å². The lowest BCUT2D eigenvalue weighted by molar-refractivity contribution is -0.116. The quantitative estimate of drug-likeness (QED) is 0.824. The summed E-state index contributed by atoms with van der Waals surface area (Å²) in [5.74, 6) is 0.474. The zero-order valence-corrected chi connectivity index (χ0v) is 14.7. The summed E-state index contributed by atoms with van der Waals surface area (Å²) in [4.78, 5) is 25.3. The Balaban J connectivity index is 1.91. The molecule has 2 amide bonds. The molecule has 0 bridgehead atoms. The number of para-hydroxylation sites is 1. The van der Waals surface area contributed by atoms with Gasteiger partial charge >= 0.3 is 0 Å². The molecule has 0 radical (unpaired) electrons. The molecule has 25 heavy (non-hydrogen) atoms. The Morgan fingerprint density at radius 3 is 2.40 bits per heavy atom. The van der Waals surface area contributed by atoms with Crippen molar-refractivity contribution in [2.24, 2.45) is 0 Å². The highest BCUT2D eigenvalue weighted by molar-refractivity contribution is 5.94. The molecule has 5 nitrogen and oxygen atoms in total. The monoisotopic (exact) mass is 338 g/mol. The van der Waals surface area contributed by atoms with Crippen LogP contribution in [0.5, 0.6) is 5.75 Å². The van der Waals surface area contributed by atoms with E-state index in [4.69, 9.17) is 4.74 Å². The lowest BCUT2D eigenvalue weighted by Gasteiger charge is -2.10. The van der Waals surface area contributed by atoms with Gasteiger partial charge in [-0.05, 0) is 29.8 Å². The fourth-order valence-electron chi connectivity index (χ4n) is 2.24. The average Bonchev–Trinajstić information content (AvgIpc) is 2.64. The minimum atomic E-state index is -0.195. The first-order valence-electron chi connectivity index (χ1n) is 7.91. The summed E-state index contributed by atoms with van der Waals surface area (Å²) >= 11 is 0. The predicted molar refractivity (Wildman–Crippen MR) is 98.3 cm³/mol. The van der Waals surface area contributed by atoms with E-state index in [1.807, 2.05) is 36.4 Å². The van der Waals surface area contributed by atoms with Gasteiger partial charge in [0.15, 0.2) is 0 Å². The highest BCUT2D eigenvalue weighted by atomic mass is 16.5. The molecule has 2 aromatic carbocycles. The second-order valence-electron chi connectivity index (χ2n) is 5.69. The zero-order chi connectivity index (χ0) is 18.2. The number of carbonyl (C=O) groups excluding carboxylic acids is 2. The number of amides is 2. The molecule has 5 heteroatoms. The van der Waals surface area contributed by atoms with Crippen molar-refractivity contribution in [3.8, 4) is 5.75 Å². The normalized spacial score (nSPS) is 10.5. The summed E-state index contributed by atoms with van der Waals surface area (Å²) < 4.78 is 5.24. The lowest BCUT2D eigenvalue weighted by atomic mass is 10.1. The highest BCUT2D eigenvalue weighted by Gasteiger charge is 2.07. The van der Waals surface area contributed by atoms with Crippen LogP contribution >= 0.6 is 0 Å². The van der Waals surface area contributed by atoms with E-state index < -0.39 is 0 Å². The van der Waals surface area contributed by atoms with E-state index in [2.05, 4.69) is 5.32 Å². The molecule has 0 aliphatic carbocycles. The van der Waals surface area contributed by atoms with E-state index in [1.54, 1.807) is 39.4 Å². The largest absolute Gasteiger partial charge is 0.496 e. The molecule has 0 heterocycles. The minimum absolute atomic E-state index is 0.0460. The van der Waals surface area contributed by atoms with Crippen molar-refractivity contribution in [2.75, 3.05) is 21.2 Å². The van der Waals surface area contributed by atoms with Gasteiger partial charge in [0.1, 0.15) is 5.75 Å². The molecule has 0 atom stereocenters. The topological polar surface area (TPSA) is 58.6 Å². The number of methoxy groups -OCH3 is 1. The van der Waals surface area contributed by atoms with Crippen molar-refractivity contribution in [1.82, 2.24) is 10.2 Å². The molecule has 2 aromatic rings. The molecule has 0 aliphatic rings. The summed E-state index contributed by atoms with van der Waals surface area (Å²) in [6.07, 6.45) is 3.19. The summed E-state index contributed by atoms with van der Waals surface area (Å²) in [5, 5.41) is 2.82. The van der Waals surface area contributed by atoms with Crippen molar-refractivity contribution in [3.63, 3.8) is 0 Å². The van der Waals surface area contributed by atoms with E-state index >= 15 is 0 Å². The van der Waals surface area contributed by atoms with Crippen LogP contribution in [0.15, 0.2) is 54.6 Å². The Hall–Kier alpha value is -3.08. The molecule has 0 saturated heterocycles. The maximum Gasteiger partial charge on any atom is 0.253 e. The van der Waals surface area contributed by atoms with Crippen LogP contribution in [0.1, 0.15) is 21.5 Å². The van der Waals surface area contributed by atoms with Gasteiger partial charge in [-0.2, -0.15) is 0 Å². The summed E-state index contributed by atoms with van der Waals surface area (Å²) in [6.45, 7) is 0.394. The summed E-state index contributed by atoms with van der Waals surface area (Å²) in [7, 11) is 5.02. The Morgan fingerprint density at radius 2 is 1.76 bits per heavy atom. The van der Waals surface area contributed by atoms with Gasteiger partial charge in [-0.25, -0.2) is 0 Å². The number of benzene rings is 2. The van der Waals surface area contributed by atoms with Crippen molar-refractivity contribution < 1.29 is 14.3 Å². The first kappa shape index (κ1) is 18.3. The first-order valence-corrected chi connectivity index (χ1v) is 7.91. The van der Waals surface area contributed by atoms with Crippen LogP contribution < -0.4 is 10.1 Å². The number of hydrogen-bond acceptors (Lipinski definition) is 3. The molecule has 0 aliphatic heterocycles. The predicted octanol–water partition coefficient (Wildman–Crippen LogP) is 2.73. The van der Waals surface area contributed by atoms with Crippen molar-refractivity contribution in [2.45, 2.75) is 6.54 Å². The van der Waals surface area contributed by atoms with Crippen LogP contribution in [0, 0.1) is 0 Å². The third-order valence-corrected chi connectivity index (χ3v) is 3.63. The Kier molecular flexibility index (Phi) is 6.34. The van der Waals surface area contributed by atoms with E-state index in [1.165, 1.54) is 11.0 Å². The van der Waals surface area contributed by atoms with Crippen molar-refractivity contribution in [3.05, 3.63) is 71.3 Å². The zero-order valence-electron chi connectivity index (χ0n) is 14.7. The van der Waals surface area contributed by atoms with Gasteiger partial charge in [0.05, 0.1) is 7.11 Å². The van der Waals surface area contributed by atoms with Gasteiger partial charge in [0, 0.05) is 37.8 Å². The number of nitrogens with zero attached hydrogens (tertiary/aromatic N) is 1. The molecule has 0 unspecified atom stereocenters. The van der Waals surface area contributed by atoms with E-state index in [0.29, 0.717) is 17.9 Å². The fraction of sp³-hybridized carbons (Fsp3) is 0.200. The Labute approximate surface area is 147 Å².